The fraction of sp³-hybridized carbons (Fsp3) is 0.667. The topological polar surface area (TPSA) is 149 Å². The Morgan fingerprint density at radius 3 is 1.60 bits per heavy atom. The highest BCUT2D eigenvalue weighted by Gasteiger charge is 2.27. The minimum absolute atomic E-state index is 0.125. The van der Waals surface area contributed by atoms with Crippen LogP contribution >= 0.6 is 7.82 Å². The normalized spacial score (nSPS) is 14.7. The van der Waals surface area contributed by atoms with Crippen molar-refractivity contribution >= 4 is 19.8 Å². The zero-order valence-corrected chi connectivity index (χ0v) is 33.6. The molecule has 304 valence electrons. The second kappa shape index (κ2) is 37.7. The average Bonchev–Trinajstić information content (AvgIpc) is 3.14. The number of carbonyl (C=O) groups excluding carboxylic acids is 2. The SMILES string of the molecule is CC/C=C/C/C=C/C/C=C/C/C=C/CCCCC(=O)O[C@H](COC(=O)CCCCCCC/C=C/C/C=C/CCCCC)COP(=O)(O)OC[C@@H](O)CO. The van der Waals surface area contributed by atoms with Gasteiger partial charge in [0.05, 0.1) is 19.8 Å². The Hall–Kier alpha value is -2.59. The molecule has 0 fully saturated rings. The molecule has 0 spiro atoms. The predicted octanol–water partition coefficient (Wildman–Crippen LogP) is 10.1. The van der Waals surface area contributed by atoms with E-state index in [0.717, 1.165) is 83.5 Å². The van der Waals surface area contributed by atoms with Gasteiger partial charge in [-0.2, -0.15) is 0 Å². The van der Waals surface area contributed by atoms with Gasteiger partial charge in [0.25, 0.3) is 0 Å². The van der Waals surface area contributed by atoms with Crippen LogP contribution in [0.3, 0.4) is 0 Å². The molecule has 0 aromatic rings. The van der Waals surface area contributed by atoms with Gasteiger partial charge >= 0.3 is 19.8 Å². The van der Waals surface area contributed by atoms with E-state index in [1.54, 1.807) is 0 Å². The summed E-state index contributed by atoms with van der Waals surface area (Å²) in [6.45, 7) is 2.14. The zero-order chi connectivity index (χ0) is 39.1. The summed E-state index contributed by atoms with van der Waals surface area (Å²) in [5.74, 6) is -0.998. The van der Waals surface area contributed by atoms with E-state index in [0.29, 0.717) is 12.8 Å². The monoisotopic (exact) mass is 766 g/mol. The highest BCUT2D eigenvalue weighted by molar-refractivity contribution is 7.47. The molecule has 0 heterocycles. The highest BCUT2D eigenvalue weighted by atomic mass is 31.2. The first-order chi connectivity index (χ1) is 25.7. The second-order valence-electron chi connectivity index (χ2n) is 12.9. The quantitative estimate of drug-likeness (QED) is 0.0243. The molecule has 53 heavy (non-hydrogen) atoms. The predicted molar refractivity (Wildman–Crippen MR) is 214 cm³/mol. The fourth-order valence-corrected chi connectivity index (χ4v) is 5.57. The van der Waals surface area contributed by atoms with Crippen LogP contribution in [-0.2, 0) is 32.7 Å². The molecule has 0 aliphatic heterocycles. The van der Waals surface area contributed by atoms with E-state index in [-0.39, 0.29) is 19.4 Å². The Morgan fingerprint density at radius 1 is 0.585 bits per heavy atom. The Labute approximate surface area is 320 Å². The molecule has 10 nitrogen and oxygen atoms in total. The van der Waals surface area contributed by atoms with E-state index in [2.05, 4.69) is 91.3 Å². The maximum Gasteiger partial charge on any atom is 0.472 e. The van der Waals surface area contributed by atoms with Crippen LogP contribution in [0.2, 0.25) is 0 Å². The van der Waals surface area contributed by atoms with E-state index >= 15 is 0 Å². The van der Waals surface area contributed by atoms with Crippen LogP contribution in [-0.4, -0.2) is 65.7 Å². The third-order valence-electron chi connectivity index (χ3n) is 7.84. The maximum absolute atomic E-state index is 12.6. The summed E-state index contributed by atoms with van der Waals surface area (Å²) >= 11 is 0. The minimum atomic E-state index is -4.63. The van der Waals surface area contributed by atoms with Crippen LogP contribution in [0.5, 0.6) is 0 Å². The van der Waals surface area contributed by atoms with E-state index in [9.17, 15) is 24.2 Å². The van der Waals surface area contributed by atoms with Gasteiger partial charge in [0.2, 0.25) is 0 Å². The van der Waals surface area contributed by atoms with Crippen LogP contribution in [0.1, 0.15) is 142 Å². The van der Waals surface area contributed by atoms with Gasteiger partial charge < -0.3 is 24.6 Å². The van der Waals surface area contributed by atoms with Gasteiger partial charge in [-0.15, -0.1) is 0 Å². The number of hydrogen-bond acceptors (Lipinski definition) is 9. The van der Waals surface area contributed by atoms with Crippen molar-refractivity contribution < 1.29 is 47.8 Å². The van der Waals surface area contributed by atoms with Gasteiger partial charge in [-0.3, -0.25) is 18.6 Å². The lowest BCUT2D eigenvalue weighted by molar-refractivity contribution is -0.161. The first-order valence-electron chi connectivity index (χ1n) is 19.9. The Balaban J connectivity index is 4.46. The summed E-state index contributed by atoms with van der Waals surface area (Å²) in [4.78, 5) is 34.9. The van der Waals surface area contributed by atoms with Crippen molar-refractivity contribution in [2.45, 2.75) is 154 Å². The number of phosphoric ester groups is 1. The second-order valence-corrected chi connectivity index (χ2v) is 14.4. The van der Waals surface area contributed by atoms with Gasteiger partial charge in [-0.1, -0.05) is 119 Å². The Bertz CT molecular complexity index is 1110. The highest BCUT2D eigenvalue weighted by Crippen LogP contribution is 2.43. The lowest BCUT2D eigenvalue weighted by Crippen LogP contribution is -2.29. The number of carbonyl (C=O) groups is 2. The molecule has 3 atom stereocenters. The van der Waals surface area contributed by atoms with Crippen LogP contribution < -0.4 is 0 Å². The molecule has 3 N–H and O–H groups in total. The van der Waals surface area contributed by atoms with E-state index in [1.807, 2.05) is 0 Å². The summed E-state index contributed by atoms with van der Waals surface area (Å²) in [6.07, 6.45) is 41.6. The number of unbranched alkanes of at least 4 members (excludes halogenated alkanes) is 10. The largest absolute Gasteiger partial charge is 0.472 e. The molecule has 0 aromatic heterocycles. The first-order valence-corrected chi connectivity index (χ1v) is 21.4. The standard InChI is InChI=1S/C42H71O10P/c1-3-5-7-9-11-13-15-17-19-21-23-25-27-29-31-33-41(45)49-37-40(38-51-53(47,48)50-36-39(44)35-43)52-42(46)34-32-30-28-26-24-22-20-18-16-14-12-10-8-6-4-2/h6,8,11-14,17-20,24,26,39-40,43-44H,3-5,7,9-10,15-16,21-23,25,27-38H2,1-2H3,(H,47,48)/b8-6+,13-11+,14-12+,19-17+,20-18+,26-24+/t39-,40+/m0/s1. The number of aliphatic hydroxyl groups excluding tert-OH is 2. The lowest BCUT2D eigenvalue weighted by atomic mass is 10.1. The summed E-state index contributed by atoms with van der Waals surface area (Å²) in [7, 11) is -4.63. The van der Waals surface area contributed by atoms with E-state index < -0.39 is 51.8 Å². The van der Waals surface area contributed by atoms with Crippen molar-refractivity contribution in [3.8, 4) is 0 Å². The summed E-state index contributed by atoms with van der Waals surface area (Å²) in [5.41, 5.74) is 0. The number of aliphatic hydroxyl groups is 2. The van der Waals surface area contributed by atoms with Gasteiger partial charge in [-0.05, 0) is 83.5 Å². The molecule has 0 saturated carbocycles. The lowest BCUT2D eigenvalue weighted by Gasteiger charge is -2.20. The van der Waals surface area contributed by atoms with Crippen LogP contribution in [0.15, 0.2) is 72.9 Å². The van der Waals surface area contributed by atoms with Crippen molar-refractivity contribution in [3.63, 3.8) is 0 Å². The minimum Gasteiger partial charge on any atom is -0.462 e. The number of rotatable bonds is 36. The number of hydrogen-bond donors (Lipinski definition) is 3. The van der Waals surface area contributed by atoms with E-state index in [1.165, 1.54) is 19.3 Å². The fourth-order valence-electron chi connectivity index (χ4n) is 4.78. The molecule has 0 bridgehead atoms. The Kier molecular flexibility index (Phi) is 35.9. The molecule has 0 radical (unpaired) electrons. The first kappa shape index (κ1) is 50.4. The van der Waals surface area contributed by atoms with Crippen molar-refractivity contribution in [2.75, 3.05) is 26.4 Å². The molecular formula is C42H71O10P. The van der Waals surface area contributed by atoms with Gasteiger partial charge in [-0.25, -0.2) is 4.57 Å². The summed E-state index contributed by atoms with van der Waals surface area (Å²) < 4.78 is 32.6. The maximum atomic E-state index is 12.6. The third kappa shape index (κ3) is 37.5. The van der Waals surface area contributed by atoms with Gasteiger partial charge in [0.1, 0.15) is 12.7 Å². The molecule has 0 rings (SSSR count). The smallest absolute Gasteiger partial charge is 0.462 e. The van der Waals surface area contributed by atoms with Crippen molar-refractivity contribution in [2.24, 2.45) is 0 Å². The average molecular weight is 767 g/mol. The molecule has 0 aliphatic carbocycles. The van der Waals surface area contributed by atoms with Crippen molar-refractivity contribution in [1.82, 2.24) is 0 Å². The van der Waals surface area contributed by atoms with Crippen molar-refractivity contribution in [1.29, 1.82) is 0 Å². The number of phosphoric acid groups is 1. The van der Waals surface area contributed by atoms with Crippen LogP contribution in [0.25, 0.3) is 0 Å². The number of esters is 2. The molecule has 1 unspecified atom stereocenters. The number of allylic oxidation sites excluding steroid dienone is 12. The molecule has 11 heteroatoms. The van der Waals surface area contributed by atoms with Crippen LogP contribution in [0, 0.1) is 0 Å². The molecule has 0 aliphatic rings. The Morgan fingerprint density at radius 2 is 1.04 bits per heavy atom. The van der Waals surface area contributed by atoms with Gasteiger partial charge in [0, 0.05) is 12.8 Å². The number of ether oxygens (including phenoxy) is 2. The molecular weight excluding hydrogens is 695 g/mol. The third-order valence-corrected chi connectivity index (χ3v) is 8.80. The summed E-state index contributed by atoms with van der Waals surface area (Å²) in [5, 5.41) is 18.3. The zero-order valence-electron chi connectivity index (χ0n) is 32.7. The van der Waals surface area contributed by atoms with Crippen LogP contribution in [0.4, 0.5) is 0 Å². The summed E-state index contributed by atoms with van der Waals surface area (Å²) in [6, 6.07) is 0. The van der Waals surface area contributed by atoms with E-state index in [4.69, 9.17) is 19.1 Å². The molecule has 0 aromatic carbocycles. The van der Waals surface area contributed by atoms with Gasteiger partial charge in [0.15, 0.2) is 6.10 Å². The van der Waals surface area contributed by atoms with Crippen molar-refractivity contribution in [3.05, 3.63) is 72.9 Å². The molecule has 0 saturated heterocycles. The molecule has 0 amide bonds.